The van der Waals surface area contributed by atoms with Crippen molar-refractivity contribution in [1.82, 2.24) is 9.97 Å². The minimum absolute atomic E-state index is 0. The van der Waals surface area contributed by atoms with Crippen LogP contribution in [0.5, 0.6) is 0 Å². The summed E-state index contributed by atoms with van der Waals surface area (Å²) in [6.45, 7) is 11.3. The van der Waals surface area contributed by atoms with E-state index in [9.17, 15) is 4.79 Å². The second kappa shape index (κ2) is 11.8. The number of pyridine rings is 2. The van der Waals surface area contributed by atoms with Crippen LogP contribution >= 0.6 is 11.3 Å². The number of aliphatic hydroxyl groups excluding tert-OH is 1. The molecule has 2 aromatic carbocycles. The molecule has 0 spiro atoms. The molecule has 0 bridgehead atoms. The van der Waals surface area contributed by atoms with E-state index in [-0.39, 0.29) is 31.6 Å². The van der Waals surface area contributed by atoms with Crippen molar-refractivity contribution < 1.29 is 34.4 Å². The zero-order valence-electron chi connectivity index (χ0n) is 23.2. The van der Waals surface area contributed by atoms with Crippen molar-refractivity contribution >= 4 is 49.4 Å². The summed E-state index contributed by atoms with van der Waals surface area (Å²) in [6, 6.07) is 22.3. The van der Waals surface area contributed by atoms with Gasteiger partial charge in [-0.3, -0.25) is 9.78 Å². The molecule has 0 aliphatic carbocycles. The SMILES string of the molecule is CC(=O)/C=C(/C)O.Cc1cc(C)c(-c2cc3nc(-c4[c-]ccc5c4oc4nc(C)ccc45)ccc3s2)c(C)c1.[Ir]. The number of furan rings is 1. The van der Waals surface area contributed by atoms with Crippen LogP contribution in [0.1, 0.15) is 36.2 Å². The number of hydrogen-bond acceptors (Lipinski definition) is 6. The van der Waals surface area contributed by atoms with Crippen LogP contribution in [-0.4, -0.2) is 20.9 Å². The number of aromatic nitrogens is 2. The van der Waals surface area contributed by atoms with E-state index < -0.39 is 0 Å². The van der Waals surface area contributed by atoms with Gasteiger partial charge in [-0.25, -0.2) is 4.98 Å². The van der Waals surface area contributed by atoms with Gasteiger partial charge in [0.25, 0.3) is 0 Å². The number of rotatable bonds is 3. The molecule has 4 aromatic heterocycles. The summed E-state index contributed by atoms with van der Waals surface area (Å²) in [5.74, 6) is -0.0625. The first-order chi connectivity index (χ1) is 18.6. The standard InChI is InChI=1S/C28H21N2OS.C5H8O2.Ir/c1-15-12-16(2)26(17(3)13-15)25-14-23-24(32-25)11-10-22(30-23)21-7-5-6-19-20-9-8-18(4)29-28(20)31-27(19)21;1-4(6)3-5(2)7;/h5-6,8-14H,1-4H3;3,6H,1-2H3;/q-1;;/b;4-3-;. The van der Waals surface area contributed by atoms with Gasteiger partial charge in [0.15, 0.2) is 5.78 Å². The van der Waals surface area contributed by atoms with Gasteiger partial charge < -0.3 is 9.52 Å². The second-order valence-corrected chi connectivity index (χ2v) is 10.9. The number of aliphatic hydroxyl groups is 1. The first kappa shape index (κ1) is 29.3. The first-order valence-corrected chi connectivity index (χ1v) is 13.5. The summed E-state index contributed by atoms with van der Waals surface area (Å²) in [4.78, 5) is 20.8. The van der Waals surface area contributed by atoms with Gasteiger partial charge in [0.05, 0.1) is 21.6 Å². The Hall–Kier alpha value is -3.64. The summed E-state index contributed by atoms with van der Waals surface area (Å²) in [5, 5.41) is 10.4. The fraction of sp³-hybridized carbons (Fsp3) is 0.182. The number of nitrogens with zero attached hydrogens (tertiary/aromatic N) is 2. The van der Waals surface area contributed by atoms with Crippen LogP contribution in [-0.2, 0) is 24.9 Å². The molecule has 205 valence electrons. The topological polar surface area (TPSA) is 76.2 Å². The predicted octanol–water partition coefficient (Wildman–Crippen LogP) is 8.99. The Morgan fingerprint density at radius 2 is 1.68 bits per heavy atom. The maximum absolute atomic E-state index is 10.0. The Kier molecular flexibility index (Phi) is 8.69. The van der Waals surface area contributed by atoms with Crippen LogP contribution in [0.4, 0.5) is 0 Å². The summed E-state index contributed by atoms with van der Waals surface area (Å²) >= 11 is 1.79. The zero-order chi connectivity index (χ0) is 27.8. The van der Waals surface area contributed by atoms with Crippen LogP contribution in [0.3, 0.4) is 0 Å². The van der Waals surface area contributed by atoms with E-state index in [0.717, 1.165) is 38.8 Å². The van der Waals surface area contributed by atoms with Crippen molar-refractivity contribution in [2.75, 3.05) is 0 Å². The van der Waals surface area contributed by atoms with Crippen molar-refractivity contribution in [2.24, 2.45) is 0 Å². The monoisotopic (exact) mass is 726 g/mol. The Morgan fingerprint density at radius 3 is 2.33 bits per heavy atom. The van der Waals surface area contributed by atoms with E-state index >= 15 is 0 Å². The average Bonchev–Trinajstić information content (AvgIpc) is 3.42. The fourth-order valence-electron chi connectivity index (χ4n) is 4.95. The summed E-state index contributed by atoms with van der Waals surface area (Å²) in [7, 11) is 0. The Morgan fingerprint density at radius 1 is 0.950 bits per heavy atom. The molecule has 4 heterocycles. The van der Waals surface area contributed by atoms with E-state index in [1.54, 1.807) is 11.3 Å². The van der Waals surface area contributed by atoms with Crippen LogP contribution in [0, 0.1) is 33.8 Å². The van der Waals surface area contributed by atoms with Crippen LogP contribution < -0.4 is 0 Å². The van der Waals surface area contributed by atoms with Gasteiger partial charge in [-0.05, 0) is 88.2 Å². The van der Waals surface area contributed by atoms with Crippen LogP contribution in [0.2, 0.25) is 0 Å². The second-order valence-electron chi connectivity index (χ2n) is 9.86. The molecule has 0 amide bonds. The number of carbonyl (C=O) groups is 1. The molecule has 6 aromatic rings. The molecule has 5 nitrogen and oxygen atoms in total. The Balaban J connectivity index is 0.000000413. The molecule has 0 unspecified atom stereocenters. The van der Waals surface area contributed by atoms with Crippen molar-refractivity contribution in [3.05, 3.63) is 94.9 Å². The quantitative estimate of drug-likeness (QED) is 0.112. The van der Waals surface area contributed by atoms with Gasteiger partial charge in [0, 0.05) is 42.1 Å². The summed E-state index contributed by atoms with van der Waals surface area (Å²) in [5.41, 5.74) is 10.3. The molecule has 1 N–H and O–H groups in total. The minimum atomic E-state index is -0.125. The maximum Gasteiger partial charge on any atom is 0.216 e. The van der Waals surface area contributed by atoms with Crippen molar-refractivity contribution in [2.45, 2.75) is 41.5 Å². The molecule has 1 radical (unpaired) electrons. The number of carbonyl (C=O) groups excluding carboxylic acids is 1. The molecular formula is C33H29IrN2O3S-. The number of fused-ring (bicyclic) bond motifs is 4. The maximum atomic E-state index is 10.0. The van der Waals surface area contributed by atoms with Gasteiger partial charge in [-0.2, -0.15) is 0 Å². The molecule has 0 saturated carbocycles. The number of thiophene rings is 1. The van der Waals surface area contributed by atoms with E-state index in [4.69, 9.17) is 14.5 Å². The van der Waals surface area contributed by atoms with Crippen LogP contribution in [0.25, 0.3) is 54.0 Å². The van der Waals surface area contributed by atoms with Gasteiger partial charge >= 0.3 is 0 Å². The van der Waals surface area contributed by atoms with E-state index in [1.165, 1.54) is 51.8 Å². The smallest absolute Gasteiger partial charge is 0.216 e. The summed E-state index contributed by atoms with van der Waals surface area (Å²) < 4.78 is 7.35. The molecule has 0 fully saturated rings. The number of hydrogen-bond donors (Lipinski definition) is 1. The fourth-order valence-corrected chi connectivity index (χ4v) is 6.13. The number of allylic oxidation sites excluding steroid dienone is 2. The molecular weight excluding hydrogens is 697 g/mol. The van der Waals surface area contributed by atoms with Gasteiger partial charge in [-0.1, -0.05) is 34.7 Å². The van der Waals surface area contributed by atoms with Crippen molar-refractivity contribution in [1.29, 1.82) is 0 Å². The van der Waals surface area contributed by atoms with Gasteiger partial charge in [0.1, 0.15) is 0 Å². The van der Waals surface area contributed by atoms with Crippen molar-refractivity contribution in [3.8, 4) is 21.7 Å². The molecule has 0 atom stereocenters. The third-order valence-electron chi connectivity index (χ3n) is 6.40. The normalized spacial score (nSPS) is 11.4. The predicted molar refractivity (Wildman–Crippen MR) is 160 cm³/mol. The van der Waals surface area contributed by atoms with Gasteiger partial charge in [-0.15, -0.1) is 29.5 Å². The number of ketones is 1. The summed E-state index contributed by atoms with van der Waals surface area (Å²) in [6.07, 6.45) is 1.17. The molecule has 0 saturated heterocycles. The van der Waals surface area contributed by atoms with Crippen molar-refractivity contribution in [3.63, 3.8) is 0 Å². The third-order valence-corrected chi connectivity index (χ3v) is 7.51. The molecule has 40 heavy (non-hydrogen) atoms. The Bertz CT molecular complexity index is 1890. The average molecular weight is 726 g/mol. The molecule has 7 heteroatoms. The molecule has 6 rings (SSSR count). The number of benzene rings is 2. The molecule has 0 aliphatic heterocycles. The number of aryl methyl sites for hydroxylation is 4. The van der Waals surface area contributed by atoms with E-state index in [2.05, 4.69) is 68.2 Å². The Labute approximate surface area is 250 Å². The van der Waals surface area contributed by atoms with Gasteiger partial charge in [0.2, 0.25) is 5.71 Å². The largest absolute Gasteiger partial charge is 0.512 e. The van der Waals surface area contributed by atoms with E-state index in [0.29, 0.717) is 5.71 Å². The molecule has 0 aliphatic rings. The first-order valence-electron chi connectivity index (χ1n) is 12.7. The van der Waals surface area contributed by atoms with E-state index in [1.807, 2.05) is 25.1 Å². The minimum Gasteiger partial charge on any atom is -0.512 e. The van der Waals surface area contributed by atoms with Crippen LogP contribution in [0.15, 0.2) is 70.8 Å². The third kappa shape index (κ3) is 5.92. The zero-order valence-corrected chi connectivity index (χ0v) is 26.4.